The third-order valence-electron chi connectivity index (χ3n) is 1.63. The number of carbonyl (C=O) groups is 2. The van der Waals surface area contributed by atoms with Crippen molar-refractivity contribution in [1.82, 2.24) is 0 Å². The molecule has 4 heteroatoms. The molecule has 0 unspecified atom stereocenters. The van der Waals surface area contributed by atoms with Gasteiger partial charge in [-0.2, -0.15) is 0 Å². The van der Waals surface area contributed by atoms with E-state index in [-0.39, 0.29) is 18.9 Å². The third-order valence-corrected chi connectivity index (χ3v) is 1.63. The average molecular weight is 193 g/mol. The number of benzene rings is 1. The molecule has 4 nitrogen and oxygen atoms in total. The van der Waals surface area contributed by atoms with Crippen molar-refractivity contribution in [2.45, 2.75) is 0 Å². The molecule has 0 saturated heterocycles. The number of ketones is 1. The Bertz CT molecular complexity index is 321. The minimum atomic E-state index is -0.575. The normalized spacial score (nSPS) is 9.50. The number of Topliss-reactive ketones (excluding diaryl/α,β-unsaturated/α-hetero) is 1. The molecule has 0 aliphatic rings. The molecule has 0 aliphatic carbocycles. The smallest absolute Gasteiger partial charge is 0.320 e. The second-order valence-electron chi connectivity index (χ2n) is 2.65. The molecule has 1 aromatic rings. The van der Waals surface area contributed by atoms with Gasteiger partial charge in [-0.05, 0) is 0 Å². The van der Waals surface area contributed by atoms with Crippen molar-refractivity contribution < 1.29 is 14.3 Å². The van der Waals surface area contributed by atoms with E-state index in [1.165, 1.54) is 0 Å². The zero-order chi connectivity index (χ0) is 10.4. The second-order valence-corrected chi connectivity index (χ2v) is 2.65. The molecule has 0 amide bonds. The summed E-state index contributed by atoms with van der Waals surface area (Å²) in [4.78, 5) is 22.0. The molecular weight excluding hydrogens is 182 g/mol. The number of rotatable bonds is 4. The van der Waals surface area contributed by atoms with Gasteiger partial charge >= 0.3 is 5.97 Å². The molecule has 0 aliphatic heterocycles. The standard InChI is InChI=1S/C10H11NO3/c11-6-10(13)14-7-9(12)8-4-2-1-3-5-8/h1-5H,6-7,11H2. The van der Waals surface area contributed by atoms with E-state index >= 15 is 0 Å². The van der Waals surface area contributed by atoms with Crippen molar-refractivity contribution in [2.24, 2.45) is 5.73 Å². The maximum absolute atomic E-state index is 11.3. The summed E-state index contributed by atoms with van der Waals surface area (Å²) in [5.74, 6) is -0.804. The Hall–Kier alpha value is -1.68. The van der Waals surface area contributed by atoms with Gasteiger partial charge in [0.1, 0.15) is 0 Å². The van der Waals surface area contributed by atoms with Gasteiger partial charge in [0.25, 0.3) is 0 Å². The van der Waals surface area contributed by atoms with E-state index in [0.29, 0.717) is 5.56 Å². The first kappa shape index (κ1) is 10.4. The summed E-state index contributed by atoms with van der Waals surface area (Å²) in [6.07, 6.45) is 0. The minimum Gasteiger partial charge on any atom is -0.456 e. The molecule has 14 heavy (non-hydrogen) atoms. The minimum absolute atomic E-state index is 0.206. The second kappa shape index (κ2) is 5.14. The number of carbonyl (C=O) groups excluding carboxylic acids is 2. The van der Waals surface area contributed by atoms with Gasteiger partial charge in [0.05, 0.1) is 6.54 Å². The van der Waals surface area contributed by atoms with Crippen molar-refractivity contribution in [3.8, 4) is 0 Å². The summed E-state index contributed by atoms with van der Waals surface area (Å²) in [5.41, 5.74) is 5.54. The molecule has 1 rings (SSSR count). The average Bonchev–Trinajstić information content (AvgIpc) is 2.26. The van der Waals surface area contributed by atoms with Crippen molar-refractivity contribution in [2.75, 3.05) is 13.2 Å². The molecular formula is C10H11NO3. The number of esters is 1. The van der Waals surface area contributed by atoms with Gasteiger partial charge in [0.2, 0.25) is 0 Å². The summed E-state index contributed by atoms with van der Waals surface area (Å²) in [6, 6.07) is 8.63. The highest BCUT2D eigenvalue weighted by Crippen LogP contribution is 1.99. The van der Waals surface area contributed by atoms with Crippen molar-refractivity contribution in [3.05, 3.63) is 35.9 Å². The Morgan fingerprint density at radius 2 is 1.86 bits per heavy atom. The molecule has 0 saturated carbocycles. The predicted octanol–water partition coefficient (Wildman–Crippen LogP) is 0.371. The highest BCUT2D eigenvalue weighted by molar-refractivity contribution is 5.97. The van der Waals surface area contributed by atoms with Crippen LogP contribution in [-0.2, 0) is 9.53 Å². The van der Waals surface area contributed by atoms with Gasteiger partial charge in [0.15, 0.2) is 12.4 Å². The Morgan fingerprint density at radius 3 is 2.43 bits per heavy atom. The van der Waals surface area contributed by atoms with Crippen LogP contribution >= 0.6 is 0 Å². The zero-order valence-corrected chi connectivity index (χ0v) is 7.60. The predicted molar refractivity (Wildman–Crippen MR) is 50.8 cm³/mol. The van der Waals surface area contributed by atoms with E-state index in [1.54, 1.807) is 24.3 Å². The quantitative estimate of drug-likeness (QED) is 0.554. The summed E-state index contributed by atoms with van der Waals surface area (Å²) in [5, 5.41) is 0. The van der Waals surface area contributed by atoms with E-state index < -0.39 is 5.97 Å². The zero-order valence-electron chi connectivity index (χ0n) is 7.60. The SMILES string of the molecule is NCC(=O)OCC(=O)c1ccccc1. The van der Waals surface area contributed by atoms with E-state index in [9.17, 15) is 9.59 Å². The molecule has 0 radical (unpaired) electrons. The number of hydrogen-bond acceptors (Lipinski definition) is 4. The van der Waals surface area contributed by atoms with Crippen LogP contribution in [0.1, 0.15) is 10.4 Å². The topological polar surface area (TPSA) is 69.4 Å². The molecule has 0 aromatic heterocycles. The lowest BCUT2D eigenvalue weighted by molar-refractivity contribution is -0.140. The van der Waals surface area contributed by atoms with Crippen molar-refractivity contribution in [3.63, 3.8) is 0 Å². The monoisotopic (exact) mass is 193 g/mol. The van der Waals surface area contributed by atoms with Crippen LogP contribution in [0.5, 0.6) is 0 Å². The fraction of sp³-hybridized carbons (Fsp3) is 0.200. The highest BCUT2D eigenvalue weighted by Gasteiger charge is 2.07. The van der Waals surface area contributed by atoms with Crippen molar-refractivity contribution in [1.29, 1.82) is 0 Å². The molecule has 2 N–H and O–H groups in total. The summed E-state index contributed by atoms with van der Waals surface area (Å²) < 4.78 is 4.59. The van der Waals surface area contributed by atoms with Crippen LogP contribution < -0.4 is 5.73 Å². The van der Waals surface area contributed by atoms with Gasteiger partial charge in [-0.15, -0.1) is 0 Å². The Labute approximate surface area is 81.7 Å². The molecule has 0 atom stereocenters. The lowest BCUT2D eigenvalue weighted by Gasteiger charge is -2.01. The van der Waals surface area contributed by atoms with Crippen LogP contribution in [-0.4, -0.2) is 24.9 Å². The maximum Gasteiger partial charge on any atom is 0.320 e. The maximum atomic E-state index is 11.3. The van der Waals surface area contributed by atoms with Crippen LogP contribution in [0.2, 0.25) is 0 Å². The van der Waals surface area contributed by atoms with Crippen molar-refractivity contribution >= 4 is 11.8 Å². The first-order chi connectivity index (χ1) is 6.74. The Kier molecular flexibility index (Phi) is 3.82. The van der Waals surface area contributed by atoms with Gasteiger partial charge in [0, 0.05) is 5.56 Å². The summed E-state index contributed by atoms with van der Waals surface area (Å²) in [7, 11) is 0. The Balaban J connectivity index is 2.48. The van der Waals surface area contributed by atoms with E-state index in [1.807, 2.05) is 6.07 Å². The van der Waals surface area contributed by atoms with Crippen LogP contribution in [0.4, 0.5) is 0 Å². The van der Waals surface area contributed by atoms with Crippen LogP contribution in [0, 0.1) is 0 Å². The lowest BCUT2D eigenvalue weighted by Crippen LogP contribution is -2.20. The third kappa shape index (κ3) is 2.99. The van der Waals surface area contributed by atoms with Gasteiger partial charge in [-0.3, -0.25) is 9.59 Å². The highest BCUT2D eigenvalue weighted by atomic mass is 16.5. The van der Waals surface area contributed by atoms with E-state index in [0.717, 1.165) is 0 Å². The first-order valence-electron chi connectivity index (χ1n) is 4.18. The van der Waals surface area contributed by atoms with Gasteiger partial charge in [-0.25, -0.2) is 0 Å². The van der Waals surface area contributed by atoms with Gasteiger partial charge < -0.3 is 10.5 Å². The number of hydrogen-bond donors (Lipinski definition) is 1. The van der Waals surface area contributed by atoms with E-state index in [4.69, 9.17) is 5.73 Å². The number of nitrogens with two attached hydrogens (primary N) is 1. The van der Waals surface area contributed by atoms with Crippen LogP contribution in [0.3, 0.4) is 0 Å². The van der Waals surface area contributed by atoms with E-state index in [2.05, 4.69) is 4.74 Å². The molecule has 0 spiro atoms. The molecule has 1 aromatic carbocycles. The lowest BCUT2D eigenvalue weighted by atomic mass is 10.1. The first-order valence-corrected chi connectivity index (χ1v) is 4.18. The van der Waals surface area contributed by atoms with Crippen LogP contribution in [0.25, 0.3) is 0 Å². The fourth-order valence-corrected chi connectivity index (χ4v) is 0.912. The molecule has 0 fully saturated rings. The van der Waals surface area contributed by atoms with Gasteiger partial charge in [-0.1, -0.05) is 30.3 Å². The van der Waals surface area contributed by atoms with Crippen LogP contribution in [0.15, 0.2) is 30.3 Å². The number of ether oxygens (including phenoxy) is 1. The molecule has 74 valence electrons. The molecule has 0 bridgehead atoms. The Morgan fingerprint density at radius 1 is 1.21 bits per heavy atom. The summed E-state index contributed by atoms with van der Waals surface area (Å²) >= 11 is 0. The largest absolute Gasteiger partial charge is 0.456 e. The summed E-state index contributed by atoms with van der Waals surface area (Å²) in [6.45, 7) is -0.456. The molecule has 0 heterocycles. The fourth-order valence-electron chi connectivity index (χ4n) is 0.912.